The Morgan fingerprint density at radius 1 is 1.17 bits per heavy atom. The molecule has 0 radical (unpaired) electrons. The summed E-state index contributed by atoms with van der Waals surface area (Å²) in [6.07, 6.45) is 6.72. The lowest BCUT2D eigenvalue weighted by Crippen LogP contribution is -2.35. The summed E-state index contributed by atoms with van der Waals surface area (Å²) in [6, 6.07) is 4.25. The molecule has 5 rings (SSSR count). The van der Waals surface area contributed by atoms with E-state index < -0.39 is 0 Å². The maximum absolute atomic E-state index is 12.0. The first kappa shape index (κ1) is 19.2. The monoisotopic (exact) mass is 424 g/mol. The Bertz CT molecular complexity index is 1150. The second-order valence-corrected chi connectivity index (χ2v) is 8.59. The molecular weight excluding hydrogens is 400 g/mol. The number of aryl methyl sites for hydroxylation is 3. The zero-order valence-electron chi connectivity index (χ0n) is 17.5. The standard InChI is InChI=1S/C22H25ClN6O/c1-14(30)28-8-6-20-18(13-28)22(25-27(20)3)29-7-4-5-15-9-17(19(23)10-21(15)29)16-11-24-26(2)12-16/h9-12H,4-8,13H2,1-3H3. The molecule has 0 bridgehead atoms. The van der Waals surface area contributed by atoms with Crippen molar-refractivity contribution in [3.63, 3.8) is 0 Å². The molecule has 0 atom stereocenters. The predicted molar refractivity (Wildman–Crippen MR) is 117 cm³/mol. The quantitative estimate of drug-likeness (QED) is 0.632. The van der Waals surface area contributed by atoms with E-state index in [1.807, 2.05) is 36.1 Å². The highest BCUT2D eigenvalue weighted by molar-refractivity contribution is 6.33. The molecule has 0 unspecified atom stereocenters. The van der Waals surface area contributed by atoms with Crippen LogP contribution in [-0.4, -0.2) is 43.5 Å². The van der Waals surface area contributed by atoms with Gasteiger partial charge in [0.15, 0.2) is 5.82 Å². The van der Waals surface area contributed by atoms with Crippen LogP contribution in [0.2, 0.25) is 5.02 Å². The van der Waals surface area contributed by atoms with Crippen molar-refractivity contribution in [1.29, 1.82) is 0 Å². The van der Waals surface area contributed by atoms with Crippen LogP contribution in [0.5, 0.6) is 0 Å². The normalized spacial score (nSPS) is 15.9. The fourth-order valence-corrected chi connectivity index (χ4v) is 4.93. The highest BCUT2D eigenvalue weighted by Gasteiger charge is 2.30. The fraction of sp³-hybridized carbons (Fsp3) is 0.409. The van der Waals surface area contributed by atoms with E-state index in [9.17, 15) is 4.79 Å². The molecule has 1 amide bonds. The number of fused-ring (bicyclic) bond motifs is 2. The summed E-state index contributed by atoms with van der Waals surface area (Å²) in [5.74, 6) is 1.06. The molecule has 8 heteroatoms. The Balaban J connectivity index is 1.58. The molecule has 30 heavy (non-hydrogen) atoms. The topological polar surface area (TPSA) is 59.2 Å². The van der Waals surface area contributed by atoms with Gasteiger partial charge in [0.1, 0.15) is 0 Å². The van der Waals surface area contributed by atoms with Gasteiger partial charge in [0.25, 0.3) is 0 Å². The zero-order valence-corrected chi connectivity index (χ0v) is 18.3. The van der Waals surface area contributed by atoms with E-state index in [0.29, 0.717) is 11.6 Å². The summed E-state index contributed by atoms with van der Waals surface area (Å²) in [5, 5.41) is 9.87. The molecule has 0 fully saturated rings. The van der Waals surface area contributed by atoms with Crippen molar-refractivity contribution < 1.29 is 4.79 Å². The lowest BCUT2D eigenvalue weighted by atomic mass is 9.96. The number of carbonyl (C=O) groups excluding carboxylic acids is 1. The van der Waals surface area contributed by atoms with Crippen LogP contribution in [0.3, 0.4) is 0 Å². The first-order chi connectivity index (χ1) is 14.4. The van der Waals surface area contributed by atoms with Gasteiger partial charge in [-0.2, -0.15) is 10.2 Å². The van der Waals surface area contributed by atoms with Crippen LogP contribution in [0.1, 0.15) is 30.2 Å². The zero-order chi connectivity index (χ0) is 21.0. The summed E-state index contributed by atoms with van der Waals surface area (Å²) in [6.45, 7) is 3.88. The number of aromatic nitrogens is 4. The van der Waals surface area contributed by atoms with Crippen LogP contribution < -0.4 is 4.90 Å². The van der Waals surface area contributed by atoms with Crippen molar-refractivity contribution >= 4 is 29.0 Å². The smallest absolute Gasteiger partial charge is 0.219 e. The first-order valence-corrected chi connectivity index (χ1v) is 10.7. The number of benzene rings is 1. The molecule has 0 saturated carbocycles. The number of amides is 1. The summed E-state index contributed by atoms with van der Waals surface area (Å²) < 4.78 is 3.76. The molecule has 156 valence electrons. The van der Waals surface area contributed by atoms with Gasteiger partial charge < -0.3 is 9.80 Å². The minimum atomic E-state index is 0.110. The Kier molecular flexibility index (Phi) is 4.58. The molecule has 1 aromatic carbocycles. The van der Waals surface area contributed by atoms with E-state index in [-0.39, 0.29) is 5.91 Å². The van der Waals surface area contributed by atoms with Gasteiger partial charge in [0.05, 0.1) is 17.8 Å². The maximum Gasteiger partial charge on any atom is 0.219 e. The number of halogens is 1. The lowest BCUT2D eigenvalue weighted by Gasteiger charge is -2.33. The number of hydrogen-bond acceptors (Lipinski definition) is 4. The van der Waals surface area contributed by atoms with Crippen molar-refractivity contribution in [3.05, 3.63) is 46.4 Å². The highest BCUT2D eigenvalue weighted by atomic mass is 35.5. The molecule has 0 aliphatic carbocycles. The summed E-state index contributed by atoms with van der Waals surface area (Å²) in [4.78, 5) is 16.2. The summed E-state index contributed by atoms with van der Waals surface area (Å²) in [5.41, 5.74) is 6.78. The lowest BCUT2D eigenvalue weighted by molar-refractivity contribution is -0.129. The molecule has 2 aromatic heterocycles. The fourth-order valence-electron chi connectivity index (χ4n) is 4.67. The third-order valence-corrected chi connectivity index (χ3v) is 6.54. The van der Waals surface area contributed by atoms with Crippen molar-refractivity contribution in [3.8, 4) is 11.1 Å². The summed E-state index contributed by atoms with van der Waals surface area (Å²) in [7, 11) is 3.90. The third-order valence-electron chi connectivity index (χ3n) is 6.22. The number of hydrogen-bond donors (Lipinski definition) is 0. The van der Waals surface area contributed by atoms with Crippen molar-refractivity contribution in [1.82, 2.24) is 24.5 Å². The number of nitrogens with zero attached hydrogens (tertiary/aromatic N) is 6. The van der Waals surface area contributed by atoms with E-state index >= 15 is 0 Å². The average molecular weight is 425 g/mol. The molecule has 2 aliphatic heterocycles. The van der Waals surface area contributed by atoms with Crippen LogP contribution in [0.4, 0.5) is 11.5 Å². The molecule has 7 nitrogen and oxygen atoms in total. The van der Waals surface area contributed by atoms with Gasteiger partial charge in [0, 0.05) is 74.8 Å². The van der Waals surface area contributed by atoms with E-state index in [1.165, 1.54) is 11.3 Å². The van der Waals surface area contributed by atoms with Crippen LogP contribution in [0.25, 0.3) is 11.1 Å². The Morgan fingerprint density at radius 2 is 2.00 bits per heavy atom. The van der Waals surface area contributed by atoms with Gasteiger partial charge in [-0.25, -0.2) is 0 Å². The second-order valence-electron chi connectivity index (χ2n) is 8.18. The van der Waals surface area contributed by atoms with Gasteiger partial charge in [-0.05, 0) is 30.5 Å². The van der Waals surface area contributed by atoms with E-state index in [0.717, 1.165) is 60.5 Å². The predicted octanol–water partition coefficient (Wildman–Crippen LogP) is 3.46. The van der Waals surface area contributed by atoms with Crippen LogP contribution >= 0.6 is 11.6 Å². The molecule has 3 aromatic rings. The minimum Gasteiger partial charge on any atom is -0.338 e. The molecule has 4 heterocycles. The third kappa shape index (κ3) is 3.08. The van der Waals surface area contributed by atoms with Crippen LogP contribution in [0.15, 0.2) is 24.5 Å². The maximum atomic E-state index is 12.0. The number of rotatable bonds is 2. The van der Waals surface area contributed by atoms with Crippen molar-refractivity contribution in [2.45, 2.75) is 32.7 Å². The average Bonchev–Trinajstić information content (AvgIpc) is 3.30. The molecule has 0 N–H and O–H groups in total. The van der Waals surface area contributed by atoms with Gasteiger partial charge in [0.2, 0.25) is 5.91 Å². The Hall–Kier alpha value is -2.80. The van der Waals surface area contributed by atoms with Gasteiger partial charge in [-0.1, -0.05) is 11.6 Å². The number of anilines is 2. The van der Waals surface area contributed by atoms with E-state index in [2.05, 4.69) is 22.1 Å². The molecule has 0 spiro atoms. The van der Waals surface area contributed by atoms with Crippen molar-refractivity contribution in [2.24, 2.45) is 14.1 Å². The van der Waals surface area contributed by atoms with Gasteiger partial charge >= 0.3 is 0 Å². The van der Waals surface area contributed by atoms with Gasteiger partial charge in [-0.3, -0.25) is 14.2 Å². The second kappa shape index (κ2) is 7.16. The Labute approximate surface area is 180 Å². The molecule has 2 aliphatic rings. The van der Waals surface area contributed by atoms with E-state index in [1.54, 1.807) is 11.6 Å². The minimum absolute atomic E-state index is 0.110. The van der Waals surface area contributed by atoms with Crippen molar-refractivity contribution in [2.75, 3.05) is 18.0 Å². The van der Waals surface area contributed by atoms with Crippen LogP contribution in [0, 0.1) is 0 Å². The van der Waals surface area contributed by atoms with Gasteiger partial charge in [-0.15, -0.1) is 0 Å². The van der Waals surface area contributed by atoms with Crippen LogP contribution in [-0.2, 0) is 38.3 Å². The first-order valence-electron chi connectivity index (χ1n) is 10.3. The largest absolute Gasteiger partial charge is 0.338 e. The molecule has 0 saturated heterocycles. The Morgan fingerprint density at radius 3 is 2.73 bits per heavy atom. The SMILES string of the molecule is CC(=O)N1CCc2c(c(N3CCCc4cc(-c5cnn(C)c5)c(Cl)cc43)nn2C)C1. The molecular formula is C22H25ClN6O. The number of carbonyl (C=O) groups is 1. The highest BCUT2D eigenvalue weighted by Crippen LogP contribution is 2.41. The van der Waals surface area contributed by atoms with E-state index in [4.69, 9.17) is 16.7 Å². The summed E-state index contributed by atoms with van der Waals surface area (Å²) >= 11 is 6.73.